The fraction of sp³-hybridized carbons (Fsp3) is 0.167. The summed E-state index contributed by atoms with van der Waals surface area (Å²) in [4.78, 5) is 8.64. The van der Waals surface area contributed by atoms with Crippen molar-refractivity contribution in [3.8, 4) is 11.4 Å². The second kappa shape index (κ2) is 5.41. The third kappa shape index (κ3) is 2.65. The van der Waals surface area contributed by atoms with E-state index in [4.69, 9.17) is 5.84 Å². The minimum Gasteiger partial charge on any atom is -0.308 e. The van der Waals surface area contributed by atoms with Crippen molar-refractivity contribution in [2.45, 2.75) is 13.3 Å². The molecule has 1 heterocycles. The van der Waals surface area contributed by atoms with Gasteiger partial charge in [-0.05, 0) is 40.5 Å². The Morgan fingerprint density at radius 3 is 2.72 bits per heavy atom. The predicted molar refractivity (Wildman–Crippen MR) is 72.3 cm³/mol. The lowest BCUT2D eigenvalue weighted by Gasteiger charge is -2.07. The third-order valence-corrected chi connectivity index (χ3v) is 3.07. The zero-order valence-electron chi connectivity index (χ0n) is 9.74. The molecule has 4 nitrogen and oxygen atoms in total. The lowest BCUT2D eigenvalue weighted by Crippen LogP contribution is -2.10. The van der Waals surface area contributed by atoms with Crippen LogP contribution >= 0.6 is 15.9 Å². The summed E-state index contributed by atoms with van der Waals surface area (Å²) < 4.78 is 13.6. The van der Waals surface area contributed by atoms with Gasteiger partial charge >= 0.3 is 0 Å². The number of hydrazine groups is 1. The smallest absolute Gasteiger partial charge is 0.161 e. The van der Waals surface area contributed by atoms with Gasteiger partial charge in [0.25, 0.3) is 0 Å². The van der Waals surface area contributed by atoms with Gasteiger partial charge in [0, 0.05) is 17.3 Å². The van der Waals surface area contributed by atoms with Gasteiger partial charge in [-0.25, -0.2) is 20.2 Å². The summed E-state index contributed by atoms with van der Waals surface area (Å²) in [6.45, 7) is 1.99. The number of aromatic nitrogens is 2. The Kier molecular flexibility index (Phi) is 3.88. The van der Waals surface area contributed by atoms with Crippen LogP contribution in [0.1, 0.15) is 12.6 Å². The van der Waals surface area contributed by atoms with Gasteiger partial charge in [-0.15, -0.1) is 0 Å². The molecule has 0 aliphatic rings. The van der Waals surface area contributed by atoms with Crippen molar-refractivity contribution in [2.24, 2.45) is 5.84 Å². The topological polar surface area (TPSA) is 63.8 Å². The highest BCUT2D eigenvalue weighted by Gasteiger charge is 2.08. The summed E-state index contributed by atoms with van der Waals surface area (Å²) in [6, 6.07) is 6.43. The molecule has 0 saturated carbocycles. The van der Waals surface area contributed by atoms with E-state index in [1.807, 2.05) is 6.92 Å². The second-order valence-corrected chi connectivity index (χ2v) is 4.55. The molecule has 0 bridgehead atoms. The molecule has 0 aliphatic heterocycles. The van der Waals surface area contributed by atoms with Crippen LogP contribution in [0.15, 0.2) is 28.7 Å². The van der Waals surface area contributed by atoms with Crippen LogP contribution < -0.4 is 11.3 Å². The molecular weight excluding hydrogens is 299 g/mol. The molecule has 0 atom stereocenters. The number of nitrogen functional groups attached to an aromatic ring is 1. The maximum Gasteiger partial charge on any atom is 0.161 e. The van der Waals surface area contributed by atoms with E-state index >= 15 is 0 Å². The summed E-state index contributed by atoms with van der Waals surface area (Å²) >= 11 is 3.14. The summed E-state index contributed by atoms with van der Waals surface area (Å²) in [5.41, 5.74) is 4.10. The van der Waals surface area contributed by atoms with Gasteiger partial charge in [-0.1, -0.05) is 6.92 Å². The Bertz CT molecular complexity index is 552. The maximum atomic E-state index is 13.2. The number of benzene rings is 1. The average Bonchev–Trinajstić information content (AvgIpc) is 2.41. The minimum absolute atomic E-state index is 0.317. The molecular formula is C12H12BrFN4. The number of nitrogens with zero attached hydrogens (tertiary/aromatic N) is 2. The average molecular weight is 311 g/mol. The van der Waals surface area contributed by atoms with Crippen molar-refractivity contribution in [2.75, 3.05) is 5.43 Å². The number of nitrogens with two attached hydrogens (primary N) is 1. The molecule has 1 aromatic heterocycles. The van der Waals surface area contributed by atoms with Crippen molar-refractivity contribution in [3.05, 3.63) is 40.2 Å². The molecule has 0 spiro atoms. The fourth-order valence-corrected chi connectivity index (χ4v) is 1.90. The van der Waals surface area contributed by atoms with Crippen LogP contribution in [0.3, 0.4) is 0 Å². The molecule has 0 amide bonds. The zero-order valence-corrected chi connectivity index (χ0v) is 11.3. The first kappa shape index (κ1) is 12.9. The standard InChI is InChI=1S/C12H12BrFN4/c1-2-8-6-11(18-15)17-12(16-8)7-3-4-10(14)9(13)5-7/h3-6H,2,15H2,1H3,(H,16,17,18). The summed E-state index contributed by atoms with van der Waals surface area (Å²) in [5, 5.41) is 0. The van der Waals surface area contributed by atoms with Crippen molar-refractivity contribution < 1.29 is 4.39 Å². The maximum absolute atomic E-state index is 13.2. The van der Waals surface area contributed by atoms with E-state index in [1.165, 1.54) is 6.07 Å². The van der Waals surface area contributed by atoms with Gasteiger partial charge in [0.05, 0.1) is 4.47 Å². The number of halogens is 2. The minimum atomic E-state index is -0.317. The molecule has 18 heavy (non-hydrogen) atoms. The number of nitrogens with one attached hydrogen (secondary N) is 1. The molecule has 2 aromatic rings. The highest BCUT2D eigenvalue weighted by Crippen LogP contribution is 2.24. The molecule has 6 heteroatoms. The zero-order chi connectivity index (χ0) is 13.1. The number of rotatable bonds is 3. The molecule has 0 fully saturated rings. The normalized spacial score (nSPS) is 10.4. The molecule has 0 aliphatic carbocycles. The van der Waals surface area contributed by atoms with Gasteiger partial charge in [0.2, 0.25) is 0 Å². The monoisotopic (exact) mass is 310 g/mol. The van der Waals surface area contributed by atoms with Gasteiger partial charge in [-0.3, -0.25) is 0 Å². The Labute approximate surface area is 113 Å². The summed E-state index contributed by atoms with van der Waals surface area (Å²) in [7, 11) is 0. The van der Waals surface area contributed by atoms with E-state index < -0.39 is 0 Å². The van der Waals surface area contributed by atoms with Crippen molar-refractivity contribution >= 4 is 21.7 Å². The van der Waals surface area contributed by atoms with E-state index in [1.54, 1.807) is 18.2 Å². The van der Waals surface area contributed by atoms with Crippen LogP contribution in [0.5, 0.6) is 0 Å². The Balaban J connectivity index is 2.51. The van der Waals surface area contributed by atoms with Gasteiger partial charge < -0.3 is 5.43 Å². The molecule has 94 valence electrons. The number of hydrogen-bond donors (Lipinski definition) is 2. The third-order valence-electron chi connectivity index (χ3n) is 2.47. The van der Waals surface area contributed by atoms with Crippen LogP contribution in [0.2, 0.25) is 0 Å². The Morgan fingerprint density at radius 2 is 2.11 bits per heavy atom. The number of aryl methyl sites for hydroxylation is 1. The lowest BCUT2D eigenvalue weighted by atomic mass is 10.2. The first-order valence-electron chi connectivity index (χ1n) is 5.44. The van der Waals surface area contributed by atoms with Crippen LogP contribution in [0.4, 0.5) is 10.2 Å². The van der Waals surface area contributed by atoms with Gasteiger partial charge in [0.1, 0.15) is 11.6 Å². The summed E-state index contributed by atoms with van der Waals surface area (Å²) in [6.07, 6.45) is 0.770. The van der Waals surface area contributed by atoms with E-state index in [-0.39, 0.29) is 5.82 Å². The van der Waals surface area contributed by atoms with Crippen molar-refractivity contribution in [1.29, 1.82) is 0 Å². The Morgan fingerprint density at radius 1 is 1.33 bits per heavy atom. The predicted octanol–water partition coefficient (Wildman–Crippen LogP) is 2.89. The fourth-order valence-electron chi connectivity index (χ4n) is 1.52. The molecule has 0 saturated heterocycles. The SMILES string of the molecule is CCc1cc(NN)nc(-c2ccc(F)c(Br)c2)n1. The van der Waals surface area contributed by atoms with Crippen LogP contribution in [-0.2, 0) is 6.42 Å². The Hall–Kier alpha value is -1.53. The lowest BCUT2D eigenvalue weighted by molar-refractivity contribution is 0.621. The molecule has 1 aromatic carbocycles. The molecule has 2 rings (SSSR count). The van der Waals surface area contributed by atoms with E-state index in [0.717, 1.165) is 17.7 Å². The molecule has 0 unspecified atom stereocenters. The van der Waals surface area contributed by atoms with Gasteiger partial charge in [-0.2, -0.15) is 0 Å². The quantitative estimate of drug-likeness (QED) is 0.676. The highest BCUT2D eigenvalue weighted by atomic mass is 79.9. The first-order chi connectivity index (χ1) is 8.63. The summed E-state index contributed by atoms with van der Waals surface area (Å²) in [5.74, 6) is 6.10. The first-order valence-corrected chi connectivity index (χ1v) is 6.23. The second-order valence-electron chi connectivity index (χ2n) is 3.69. The molecule has 0 radical (unpaired) electrons. The van der Waals surface area contributed by atoms with Gasteiger partial charge in [0.15, 0.2) is 5.82 Å². The number of anilines is 1. The largest absolute Gasteiger partial charge is 0.308 e. The van der Waals surface area contributed by atoms with Crippen molar-refractivity contribution in [3.63, 3.8) is 0 Å². The van der Waals surface area contributed by atoms with Crippen molar-refractivity contribution in [1.82, 2.24) is 9.97 Å². The van der Waals surface area contributed by atoms with Crippen LogP contribution in [0, 0.1) is 5.82 Å². The van der Waals surface area contributed by atoms with E-state index in [2.05, 4.69) is 31.3 Å². The molecule has 3 N–H and O–H groups in total. The van der Waals surface area contributed by atoms with Crippen LogP contribution in [-0.4, -0.2) is 9.97 Å². The van der Waals surface area contributed by atoms with E-state index in [0.29, 0.717) is 16.1 Å². The highest BCUT2D eigenvalue weighted by molar-refractivity contribution is 9.10. The number of hydrogen-bond acceptors (Lipinski definition) is 4. The van der Waals surface area contributed by atoms with E-state index in [9.17, 15) is 4.39 Å². The van der Waals surface area contributed by atoms with Crippen LogP contribution in [0.25, 0.3) is 11.4 Å².